The summed E-state index contributed by atoms with van der Waals surface area (Å²) in [6.07, 6.45) is 3.46. The Kier molecular flexibility index (Phi) is 8.63. The molecule has 2 N–H and O–H groups in total. The third-order valence-electron chi connectivity index (χ3n) is 5.17. The van der Waals surface area contributed by atoms with Crippen molar-refractivity contribution >= 4 is 23.6 Å². The van der Waals surface area contributed by atoms with Gasteiger partial charge in [0.05, 0.1) is 0 Å². The number of piperidine rings is 1. The summed E-state index contributed by atoms with van der Waals surface area (Å²) < 4.78 is 0. The molecule has 1 amide bonds. The number of hydrogen-bond donors (Lipinski definition) is 2. The van der Waals surface area contributed by atoms with Crippen LogP contribution in [0.5, 0.6) is 0 Å². The Hall–Kier alpha value is -2.47. The number of nitrogens with one attached hydrogen (secondary N) is 2. The minimum atomic E-state index is 0.150. The maximum Gasteiger partial charge on any atom is 0.253 e. The summed E-state index contributed by atoms with van der Waals surface area (Å²) >= 11 is 1.85. The van der Waals surface area contributed by atoms with Crippen molar-refractivity contribution in [1.82, 2.24) is 15.5 Å². The average molecular weight is 425 g/mol. The number of guanidine groups is 1. The molecule has 0 spiro atoms. The first kappa shape index (κ1) is 22.2. The molecule has 160 valence electrons. The van der Waals surface area contributed by atoms with Gasteiger partial charge in [0.15, 0.2) is 5.96 Å². The fraction of sp³-hybridized carbons (Fsp3) is 0.417. The Morgan fingerprint density at radius 3 is 2.40 bits per heavy atom. The monoisotopic (exact) mass is 424 g/mol. The van der Waals surface area contributed by atoms with Gasteiger partial charge in [-0.05, 0) is 49.1 Å². The molecule has 1 aliphatic rings. The van der Waals surface area contributed by atoms with Crippen molar-refractivity contribution in [3.63, 3.8) is 0 Å². The van der Waals surface area contributed by atoms with E-state index in [-0.39, 0.29) is 5.91 Å². The number of aliphatic imine (C=N–C) groups is 1. The number of carbonyl (C=O) groups is 1. The third kappa shape index (κ3) is 6.80. The topological polar surface area (TPSA) is 56.7 Å². The van der Waals surface area contributed by atoms with Crippen LogP contribution in [0.4, 0.5) is 0 Å². The quantitative estimate of drug-likeness (QED) is 0.398. The molecule has 5 nitrogen and oxygen atoms in total. The largest absolute Gasteiger partial charge is 0.355 e. The van der Waals surface area contributed by atoms with Crippen molar-refractivity contribution in [3.8, 4) is 0 Å². The minimum absolute atomic E-state index is 0.150. The average Bonchev–Trinajstić information content (AvgIpc) is 2.80. The number of nitrogens with zero attached hydrogens (tertiary/aromatic N) is 2. The van der Waals surface area contributed by atoms with Gasteiger partial charge in [0.25, 0.3) is 5.91 Å². The summed E-state index contributed by atoms with van der Waals surface area (Å²) in [7, 11) is 1.78. The summed E-state index contributed by atoms with van der Waals surface area (Å²) in [5, 5.41) is 7.16. The Balaban J connectivity index is 1.43. The third-order valence-corrected chi connectivity index (χ3v) is 6.28. The number of benzene rings is 2. The van der Waals surface area contributed by atoms with Crippen LogP contribution in [0.3, 0.4) is 0 Å². The molecule has 0 bridgehead atoms. The smallest absolute Gasteiger partial charge is 0.253 e. The highest BCUT2D eigenvalue weighted by Crippen LogP contribution is 2.21. The van der Waals surface area contributed by atoms with Gasteiger partial charge in [0, 0.05) is 48.9 Å². The van der Waals surface area contributed by atoms with Crippen LogP contribution in [0.25, 0.3) is 0 Å². The van der Waals surface area contributed by atoms with Gasteiger partial charge in [-0.1, -0.05) is 37.3 Å². The molecule has 1 saturated heterocycles. The molecule has 0 aliphatic carbocycles. The van der Waals surface area contributed by atoms with Crippen molar-refractivity contribution in [1.29, 1.82) is 0 Å². The van der Waals surface area contributed by atoms with Crippen LogP contribution in [0, 0.1) is 0 Å². The van der Waals surface area contributed by atoms with E-state index in [4.69, 9.17) is 0 Å². The molecular formula is C24H32N4OS. The second kappa shape index (κ2) is 11.6. The first-order chi connectivity index (χ1) is 14.7. The first-order valence-electron chi connectivity index (χ1n) is 10.7. The summed E-state index contributed by atoms with van der Waals surface area (Å²) in [5.74, 6) is 0.931. The molecule has 2 aromatic carbocycles. The molecule has 1 heterocycles. The maximum absolute atomic E-state index is 12.6. The highest BCUT2D eigenvalue weighted by Gasteiger charge is 2.17. The van der Waals surface area contributed by atoms with Gasteiger partial charge < -0.3 is 15.5 Å². The Morgan fingerprint density at radius 1 is 1.03 bits per heavy atom. The van der Waals surface area contributed by atoms with Crippen LogP contribution >= 0.6 is 11.8 Å². The summed E-state index contributed by atoms with van der Waals surface area (Å²) in [5.41, 5.74) is 1.90. The Bertz CT molecular complexity index is 817. The SMILES string of the molecule is CN=C(NCc1ccc(C(=O)N2CCCCC2)cc1)NCC(C)Sc1ccccc1. The number of carbonyl (C=O) groups excluding carboxylic acids is 1. The van der Waals surface area contributed by atoms with E-state index in [1.807, 2.05) is 47.0 Å². The fourth-order valence-corrected chi connectivity index (χ4v) is 4.41. The van der Waals surface area contributed by atoms with E-state index in [9.17, 15) is 4.79 Å². The molecule has 2 aromatic rings. The molecule has 1 atom stereocenters. The van der Waals surface area contributed by atoms with Gasteiger partial charge in [0.2, 0.25) is 0 Å². The van der Waals surface area contributed by atoms with E-state index in [0.717, 1.165) is 49.6 Å². The zero-order valence-corrected chi connectivity index (χ0v) is 18.8. The standard InChI is InChI=1S/C24H32N4OS/c1-19(30-22-9-5-3-6-10-22)17-26-24(25-2)27-18-20-11-13-21(14-12-20)23(29)28-15-7-4-8-16-28/h3,5-6,9-14,19H,4,7-8,15-18H2,1-2H3,(H2,25,26,27). The highest BCUT2D eigenvalue weighted by atomic mass is 32.2. The van der Waals surface area contributed by atoms with E-state index >= 15 is 0 Å². The van der Waals surface area contributed by atoms with Crippen molar-refractivity contribution in [2.24, 2.45) is 4.99 Å². The summed E-state index contributed by atoms with van der Waals surface area (Å²) in [6.45, 7) is 5.45. The molecule has 0 radical (unpaired) electrons. The zero-order valence-electron chi connectivity index (χ0n) is 17.9. The van der Waals surface area contributed by atoms with Crippen molar-refractivity contribution in [2.45, 2.75) is 42.9 Å². The molecule has 30 heavy (non-hydrogen) atoms. The molecule has 0 aromatic heterocycles. The Morgan fingerprint density at radius 2 is 1.73 bits per heavy atom. The van der Waals surface area contributed by atoms with E-state index in [1.165, 1.54) is 11.3 Å². The van der Waals surface area contributed by atoms with Gasteiger partial charge in [-0.15, -0.1) is 11.8 Å². The minimum Gasteiger partial charge on any atom is -0.355 e. The number of amides is 1. The van der Waals surface area contributed by atoms with Crippen LogP contribution in [0.1, 0.15) is 42.1 Å². The van der Waals surface area contributed by atoms with Gasteiger partial charge in [0.1, 0.15) is 0 Å². The Labute approximate surface area is 184 Å². The van der Waals surface area contributed by atoms with Gasteiger partial charge in [-0.2, -0.15) is 0 Å². The van der Waals surface area contributed by atoms with Crippen LogP contribution in [-0.2, 0) is 6.54 Å². The van der Waals surface area contributed by atoms with Crippen LogP contribution in [0.15, 0.2) is 64.5 Å². The van der Waals surface area contributed by atoms with Crippen molar-refractivity contribution in [3.05, 3.63) is 65.7 Å². The lowest BCUT2D eigenvalue weighted by atomic mass is 10.1. The van der Waals surface area contributed by atoms with Crippen LogP contribution in [-0.4, -0.2) is 48.7 Å². The number of rotatable bonds is 7. The fourth-order valence-electron chi connectivity index (χ4n) is 3.46. The molecule has 0 saturated carbocycles. The van der Waals surface area contributed by atoms with Crippen molar-refractivity contribution in [2.75, 3.05) is 26.7 Å². The summed E-state index contributed by atoms with van der Waals surface area (Å²) in [6, 6.07) is 18.3. The maximum atomic E-state index is 12.6. The van der Waals surface area contributed by atoms with Gasteiger partial charge >= 0.3 is 0 Å². The van der Waals surface area contributed by atoms with Crippen LogP contribution in [0.2, 0.25) is 0 Å². The highest BCUT2D eigenvalue weighted by molar-refractivity contribution is 8.00. The second-order valence-electron chi connectivity index (χ2n) is 7.60. The van der Waals surface area contributed by atoms with E-state index < -0.39 is 0 Å². The lowest BCUT2D eigenvalue weighted by Gasteiger charge is -2.26. The first-order valence-corrected chi connectivity index (χ1v) is 11.6. The normalized spacial score (nSPS) is 15.5. The molecule has 1 aliphatic heterocycles. The lowest BCUT2D eigenvalue weighted by molar-refractivity contribution is 0.0724. The predicted molar refractivity (Wildman–Crippen MR) is 126 cm³/mol. The van der Waals surface area contributed by atoms with Crippen molar-refractivity contribution < 1.29 is 4.79 Å². The summed E-state index contributed by atoms with van der Waals surface area (Å²) in [4.78, 5) is 20.1. The van der Waals surface area contributed by atoms with E-state index in [2.05, 4.69) is 46.8 Å². The molecule has 1 fully saturated rings. The lowest BCUT2D eigenvalue weighted by Crippen LogP contribution is -2.39. The molecule has 3 rings (SSSR count). The van der Waals surface area contributed by atoms with E-state index in [0.29, 0.717) is 11.8 Å². The zero-order chi connectivity index (χ0) is 21.2. The molecular weight excluding hydrogens is 392 g/mol. The second-order valence-corrected chi connectivity index (χ2v) is 9.11. The van der Waals surface area contributed by atoms with Crippen LogP contribution < -0.4 is 10.6 Å². The predicted octanol–water partition coefficient (Wildman–Crippen LogP) is 4.16. The number of thioether (sulfide) groups is 1. The van der Waals surface area contributed by atoms with Gasteiger partial charge in [-0.3, -0.25) is 9.79 Å². The number of hydrogen-bond acceptors (Lipinski definition) is 3. The van der Waals surface area contributed by atoms with E-state index in [1.54, 1.807) is 7.05 Å². The molecule has 6 heteroatoms. The number of likely N-dealkylation sites (tertiary alicyclic amines) is 1. The van der Waals surface area contributed by atoms with Gasteiger partial charge in [-0.25, -0.2) is 0 Å². The molecule has 1 unspecified atom stereocenters.